The Morgan fingerprint density at radius 3 is 2.67 bits per heavy atom. The lowest BCUT2D eigenvalue weighted by Crippen LogP contribution is -2.38. The molecule has 8 heteroatoms. The fourth-order valence-electron chi connectivity index (χ4n) is 2.97. The number of anilines is 1. The van der Waals surface area contributed by atoms with E-state index < -0.39 is 0 Å². The van der Waals surface area contributed by atoms with Crippen LogP contribution in [-0.4, -0.2) is 37.1 Å². The van der Waals surface area contributed by atoms with Gasteiger partial charge in [-0.1, -0.05) is 6.92 Å². The van der Waals surface area contributed by atoms with Crippen molar-refractivity contribution in [3.63, 3.8) is 0 Å². The molecule has 0 saturated carbocycles. The van der Waals surface area contributed by atoms with E-state index in [9.17, 15) is 0 Å². The van der Waals surface area contributed by atoms with Crippen molar-refractivity contribution in [1.29, 1.82) is 0 Å². The SMILES string of the molecule is CCNC(=NCc1ccc(CC)s1)NCCc1csc(N2CCCC2)n1.I. The van der Waals surface area contributed by atoms with Crippen LogP contribution >= 0.6 is 46.7 Å². The van der Waals surface area contributed by atoms with Crippen molar-refractivity contribution in [3.05, 3.63) is 33.0 Å². The van der Waals surface area contributed by atoms with E-state index in [2.05, 4.69) is 46.9 Å². The predicted molar refractivity (Wildman–Crippen MR) is 129 cm³/mol. The topological polar surface area (TPSA) is 52.6 Å². The lowest BCUT2D eigenvalue weighted by molar-refractivity contribution is 0.790. The molecule has 0 radical (unpaired) electrons. The molecule has 0 aliphatic carbocycles. The van der Waals surface area contributed by atoms with Crippen molar-refractivity contribution >= 4 is 57.7 Å². The molecule has 0 spiro atoms. The molecule has 1 saturated heterocycles. The van der Waals surface area contributed by atoms with E-state index in [1.807, 2.05) is 11.3 Å². The van der Waals surface area contributed by atoms with Gasteiger partial charge >= 0.3 is 0 Å². The second-order valence-electron chi connectivity index (χ2n) is 6.41. The standard InChI is InChI=1S/C19H29N5S2.HI/c1-3-16-7-8-17(26-16)13-22-18(20-4-2)21-10-9-15-14-25-19(23-15)24-11-5-6-12-24;/h7-8,14H,3-6,9-13H2,1-2H3,(H2,20,21,22);1H. The Kier molecular flexibility index (Phi) is 9.84. The van der Waals surface area contributed by atoms with Crippen LogP contribution in [0, 0.1) is 0 Å². The van der Waals surface area contributed by atoms with E-state index in [0.29, 0.717) is 0 Å². The van der Waals surface area contributed by atoms with E-state index >= 15 is 0 Å². The van der Waals surface area contributed by atoms with Gasteiger partial charge in [-0.05, 0) is 38.3 Å². The molecule has 2 aromatic rings. The van der Waals surface area contributed by atoms with Gasteiger partial charge in [0, 0.05) is 47.7 Å². The van der Waals surface area contributed by atoms with Crippen molar-refractivity contribution in [2.75, 3.05) is 31.1 Å². The van der Waals surface area contributed by atoms with Gasteiger partial charge in [0.15, 0.2) is 11.1 Å². The molecule has 1 fully saturated rings. The quantitative estimate of drug-likeness (QED) is 0.311. The van der Waals surface area contributed by atoms with Crippen molar-refractivity contribution in [3.8, 4) is 0 Å². The number of guanidine groups is 1. The molecule has 2 N–H and O–H groups in total. The van der Waals surface area contributed by atoms with Gasteiger partial charge in [-0.15, -0.1) is 46.7 Å². The first-order valence-electron chi connectivity index (χ1n) is 9.57. The maximum atomic E-state index is 4.79. The smallest absolute Gasteiger partial charge is 0.191 e. The minimum Gasteiger partial charge on any atom is -0.357 e. The molecule has 0 unspecified atom stereocenters. The van der Waals surface area contributed by atoms with E-state index in [0.717, 1.165) is 51.5 Å². The normalized spacial score (nSPS) is 14.3. The summed E-state index contributed by atoms with van der Waals surface area (Å²) >= 11 is 3.62. The number of rotatable bonds is 8. The lowest BCUT2D eigenvalue weighted by Gasteiger charge is -2.12. The summed E-state index contributed by atoms with van der Waals surface area (Å²) in [5.41, 5.74) is 1.17. The van der Waals surface area contributed by atoms with E-state index in [1.54, 1.807) is 11.3 Å². The molecule has 27 heavy (non-hydrogen) atoms. The molecule has 1 aliphatic rings. The Labute approximate surface area is 187 Å². The molecule has 3 heterocycles. The number of hydrogen-bond donors (Lipinski definition) is 2. The molecular weight excluding hydrogens is 489 g/mol. The summed E-state index contributed by atoms with van der Waals surface area (Å²) in [6.07, 6.45) is 4.61. The molecule has 1 aliphatic heterocycles. The van der Waals surface area contributed by atoms with Gasteiger partial charge in [-0.3, -0.25) is 0 Å². The summed E-state index contributed by atoms with van der Waals surface area (Å²) in [6, 6.07) is 4.39. The molecular formula is C19H30IN5S2. The van der Waals surface area contributed by atoms with Gasteiger partial charge in [-0.25, -0.2) is 9.98 Å². The largest absolute Gasteiger partial charge is 0.357 e. The number of aromatic nitrogens is 1. The molecule has 3 rings (SSSR count). The van der Waals surface area contributed by atoms with Crippen LogP contribution in [0.25, 0.3) is 0 Å². The molecule has 150 valence electrons. The van der Waals surface area contributed by atoms with Crippen LogP contribution in [0.4, 0.5) is 5.13 Å². The highest BCUT2D eigenvalue weighted by Gasteiger charge is 2.15. The molecule has 5 nitrogen and oxygen atoms in total. The summed E-state index contributed by atoms with van der Waals surface area (Å²) in [5.74, 6) is 0.883. The summed E-state index contributed by atoms with van der Waals surface area (Å²) in [6.45, 7) is 9.05. The Hall–Kier alpha value is -0.870. The highest BCUT2D eigenvalue weighted by molar-refractivity contribution is 14.0. The van der Waals surface area contributed by atoms with Gasteiger partial charge in [0.25, 0.3) is 0 Å². The fraction of sp³-hybridized carbons (Fsp3) is 0.579. The lowest BCUT2D eigenvalue weighted by atomic mass is 10.3. The van der Waals surface area contributed by atoms with Gasteiger partial charge in [0.1, 0.15) is 0 Å². The van der Waals surface area contributed by atoms with Crippen molar-refractivity contribution in [2.24, 2.45) is 4.99 Å². The van der Waals surface area contributed by atoms with Gasteiger partial charge in [0.05, 0.1) is 12.2 Å². The molecule has 0 atom stereocenters. The number of thiazole rings is 1. The number of hydrogen-bond acceptors (Lipinski definition) is 5. The van der Waals surface area contributed by atoms with E-state index in [4.69, 9.17) is 9.98 Å². The van der Waals surface area contributed by atoms with Gasteiger partial charge in [0.2, 0.25) is 0 Å². The van der Waals surface area contributed by atoms with Crippen LogP contribution in [0.15, 0.2) is 22.5 Å². The zero-order valence-corrected chi connectivity index (χ0v) is 20.1. The van der Waals surface area contributed by atoms with E-state index in [1.165, 1.54) is 33.4 Å². The molecule has 0 bridgehead atoms. The number of nitrogens with one attached hydrogen (secondary N) is 2. The highest BCUT2D eigenvalue weighted by Crippen LogP contribution is 2.24. The zero-order chi connectivity index (χ0) is 18.2. The van der Waals surface area contributed by atoms with Gasteiger partial charge in [-0.2, -0.15) is 0 Å². The molecule has 0 amide bonds. The first kappa shape index (κ1) is 22.4. The minimum atomic E-state index is 0. The first-order valence-corrected chi connectivity index (χ1v) is 11.3. The Morgan fingerprint density at radius 2 is 1.96 bits per heavy atom. The molecule has 0 aromatic carbocycles. The Morgan fingerprint density at radius 1 is 1.19 bits per heavy atom. The average Bonchev–Trinajstić information content (AvgIpc) is 3.40. The van der Waals surface area contributed by atoms with Crippen molar-refractivity contribution in [1.82, 2.24) is 15.6 Å². The monoisotopic (exact) mass is 519 g/mol. The third-order valence-corrected chi connectivity index (χ3v) is 6.56. The van der Waals surface area contributed by atoms with Crippen LogP contribution < -0.4 is 15.5 Å². The first-order chi connectivity index (χ1) is 12.8. The number of thiophene rings is 1. The van der Waals surface area contributed by atoms with Crippen LogP contribution in [-0.2, 0) is 19.4 Å². The third kappa shape index (κ3) is 6.90. The summed E-state index contributed by atoms with van der Waals surface area (Å²) < 4.78 is 0. The molecule has 2 aromatic heterocycles. The third-order valence-electron chi connectivity index (χ3n) is 4.39. The van der Waals surface area contributed by atoms with Crippen LogP contribution in [0.1, 0.15) is 42.1 Å². The summed E-state index contributed by atoms with van der Waals surface area (Å²) in [5, 5.41) is 10.1. The van der Waals surface area contributed by atoms with Crippen molar-refractivity contribution < 1.29 is 0 Å². The maximum absolute atomic E-state index is 4.79. The number of aliphatic imine (C=N–C) groups is 1. The summed E-state index contributed by atoms with van der Waals surface area (Å²) in [7, 11) is 0. The average molecular weight is 520 g/mol. The number of nitrogens with zero attached hydrogens (tertiary/aromatic N) is 3. The zero-order valence-electron chi connectivity index (χ0n) is 16.2. The maximum Gasteiger partial charge on any atom is 0.191 e. The van der Waals surface area contributed by atoms with Crippen molar-refractivity contribution in [2.45, 2.75) is 46.1 Å². The fourth-order valence-corrected chi connectivity index (χ4v) is 4.77. The van der Waals surface area contributed by atoms with Crippen LogP contribution in [0.5, 0.6) is 0 Å². The minimum absolute atomic E-state index is 0. The Balaban J connectivity index is 0.00000261. The highest BCUT2D eigenvalue weighted by atomic mass is 127. The van der Waals surface area contributed by atoms with Crippen LogP contribution in [0.2, 0.25) is 0 Å². The predicted octanol–water partition coefficient (Wildman–Crippen LogP) is 4.28. The van der Waals surface area contributed by atoms with Crippen LogP contribution in [0.3, 0.4) is 0 Å². The second-order valence-corrected chi connectivity index (χ2v) is 8.50. The van der Waals surface area contributed by atoms with E-state index in [-0.39, 0.29) is 24.0 Å². The number of halogens is 1. The Bertz CT molecular complexity index is 707. The van der Waals surface area contributed by atoms with Gasteiger partial charge < -0.3 is 15.5 Å². The summed E-state index contributed by atoms with van der Waals surface area (Å²) in [4.78, 5) is 14.6. The second kappa shape index (κ2) is 11.9. The number of aryl methyl sites for hydroxylation is 1.